The number of thioether (sulfide) groups is 1. The SMILES string of the molecule is CSC(C)(C)CNC(=O)c1cc(Br)ccc1Br. The van der Waals surface area contributed by atoms with Crippen molar-refractivity contribution in [3.05, 3.63) is 32.7 Å². The van der Waals surface area contributed by atoms with Gasteiger partial charge in [-0.2, -0.15) is 11.8 Å². The highest BCUT2D eigenvalue weighted by Gasteiger charge is 2.18. The number of benzene rings is 1. The van der Waals surface area contributed by atoms with Crippen molar-refractivity contribution in [2.75, 3.05) is 12.8 Å². The summed E-state index contributed by atoms with van der Waals surface area (Å²) in [4.78, 5) is 12.0. The van der Waals surface area contributed by atoms with Gasteiger partial charge in [-0.15, -0.1) is 0 Å². The third kappa shape index (κ3) is 4.64. The maximum Gasteiger partial charge on any atom is 0.252 e. The summed E-state index contributed by atoms with van der Waals surface area (Å²) in [6, 6.07) is 5.57. The Morgan fingerprint density at radius 2 is 2.06 bits per heavy atom. The van der Waals surface area contributed by atoms with Gasteiger partial charge in [-0.3, -0.25) is 4.79 Å². The zero-order chi connectivity index (χ0) is 13.1. The number of carbonyl (C=O) groups is 1. The first-order chi connectivity index (χ1) is 7.85. The fourth-order valence-corrected chi connectivity index (χ4v) is 2.14. The molecule has 1 aromatic rings. The predicted octanol–water partition coefficient (Wildman–Crippen LogP) is 4.08. The standard InChI is InChI=1S/C12H15Br2NOS/c1-12(2,17-3)7-15-11(16)9-6-8(13)4-5-10(9)14/h4-6H,7H2,1-3H3,(H,15,16). The molecule has 0 unspecified atom stereocenters. The molecule has 1 amide bonds. The zero-order valence-corrected chi connectivity index (χ0v) is 14.0. The molecule has 0 aliphatic carbocycles. The van der Waals surface area contributed by atoms with E-state index in [0.717, 1.165) is 8.95 Å². The predicted molar refractivity (Wildman–Crippen MR) is 81.8 cm³/mol. The second-order valence-electron chi connectivity index (χ2n) is 4.27. The average molecular weight is 381 g/mol. The lowest BCUT2D eigenvalue weighted by Gasteiger charge is -2.22. The number of hydrogen-bond donors (Lipinski definition) is 1. The van der Waals surface area contributed by atoms with E-state index in [-0.39, 0.29) is 10.7 Å². The Kier molecular flexibility index (Phi) is 5.54. The molecule has 0 bridgehead atoms. The van der Waals surface area contributed by atoms with Crippen LogP contribution in [-0.4, -0.2) is 23.5 Å². The quantitative estimate of drug-likeness (QED) is 0.852. The van der Waals surface area contributed by atoms with Crippen LogP contribution in [-0.2, 0) is 0 Å². The highest BCUT2D eigenvalue weighted by Crippen LogP contribution is 2.23. The van der Waals surface area contributed by atoms with E-state index in [1.165, 1.54) is 0 Å². The van der Waals surface area contributed by atoms with E-state index in [1.54, 1.807) is 11.8 Å². The van der Waals surface area contributed by atoms with Crippen molar-refractivity contribution in [1.82, 2.24) is 5.32 Å². The van der Waals surface area contributed by atoms with Crippen LogP contribution in [0, 0.1) is 0 Å². The van der Waals surface area contributed by atoms with Crippen LogP contribution < -0.4 is 5.32 Å². The molecule has 0 aliphatic rings. The van der Waals surface area contributed by atoms with E-state index >= 15 is 0 Å². The Bertz CT molecular complexity index is 421. The van der Waals surface area contributed by atoms with Gasteiger partial charge < -0.3 is 5.32 Å². The Hall–Kier alpha value is -0.000000000000000111. The van der Waals surface area contributed by atoms with Gasteiger partial charge in [-0.25, -0.2) is 0 Å². The van der Waals surface area contributed by atoms with Crippen LogP contribution in [0.3, 0.4) is 0 Å². The van der Waals surface area contributed by atoms with E-state index < -0.39 is 0 Å². The summed E-state index contributed by atoms with van der Waals surface area (Å²) in [5.41, 5.74) is 0.649. The third-order valence-corrected chi connectivity index (χ3v) is 4.83. The summed E-state index contributed by atoms with van der Waals surface area (Å²) in [5.74, 6) is -0.0553. The first-order valence-corrected chi connectivity index (χ1v) is 7.95. The summed E-state index contributed by atoms with van der Waals surface area (Å²) in [6.07, 6.45) is 2.04. The molecule has 0 aliphatic heterocycles. The van der Waals surface area contributed by atoms with Crippen LogP contribution >= 0.6 is 43.6 Å². The second kappa shape index (κ2) is 6.25. The van der Waals surface area contributed by atoms with Crippen molar-refractivity contribution in [2.24, 2.45) is 0 Å². The fraction of sp³-hybridized carbons (Fsp3) is 0.417. The molecule has 2 nitrogen and oxygen atoms in total. The van der Waals surface area contributed by atoms with Gasteiger partial charge in [-0.1, -0.05) is 15.9 Å². The van der Waals surface area contributed by atoms with E-state index in [2.05, 4.69) is 51.0 Å². The average Bonchev–Trinajstić information content (AvgIpc) is 2.29. The van der Waals surface area contributed by atoms with Gasteiger partial charge >= 0.3 is 0 Å². The molecular weight excluding hydrogens is 366 g/mol. The molecule has 0 heterocycles. The molecule has 0 aromatic heterocycles. The lowest BCUT2D eigenvalue weighted by Crippen LogP contribution is -2.36. The molecule has 1 rings (SSSR count). The molecule has 1 N–H and O–H groups in total. The number of amides is 1. The Labute approximate surface area is 123 Å². The summed E-state index contributed by atoms with van der Waals surface area (Å²) < 4.78 is 1.75. The molecule has 17 heavy (non-hydrogen) atoms. The third-order valence-electron chi connectivity index (χ3n) is 2.40. The Morgan fingerprint density at radius 1 is 1.41 bits per heavy atom. The molecule has 0 fully saturated rings. The van der Waals surface area contributed by atoms with E-state index in [0.29, 0.717) is 12.1 Å². The smallest absolute Gasteiger partial charge is 0.252 e. The first-order valence-electron chi connectivity index (χ1n) is 5.14. The summed E-state index contributed by atoms with van der Waals surface area (Å²) in [6.45, 7) is 4.85. The largest absolute Gasteiger partial charge is 0.351 e. The molecule has 0 saturated carbocycles. The minimum absolute atomic E-state index is 0.0498. The number of rotatable bonds is 4. The van der Waals surface area contributed by atoms with Crippen LogP contribution in [0.5, 0.6) is 0 Å². The maximum absolute atomic E-state index is 12.0. The molecule has 1 aromatic carbocycles. The molecule has 0 saturated heterocycles. The van der Waals surface area contributed by atoms with Crippen molar-refractivity contribution >= 4 is 49.5 Å². The lowest BCUT2D eigenvalue weighted by molar-refractivity contribution is 0.0950. The minimum Gasteiger partial charge on any atom is -0.351 e. The molecule has 0 atom stereocenters. The Morgan fingerprint density at radius 3 is 2.65 bits per heavy atom. The van der Waals surface area contributed by atoms with Crippen LogP contribution in [0.2, 0.25) is 0 Å². The molecule has 0 spiro atoms. The van der Waals surface area contributed by atoms with Gasteiger partial charge in [-0.05, 0) is 54.2 Å². The summed E-state index contributed by atoms with van der Waals surface area (Å²) in [7, 11) is 0. The number of halogens is 2. The highest BCUT2D eigenvalue weighted by atomic mass is 79.9. The molecular formula is C12H15Br2NOS. The molecule has 94 valence electrons. The van der Waals surface area contributed by atoms with Gasteiger partial charge in [0, 0.05) is 20.2 Å². The van der Waals surface area contributed by atoms with Gasteiger partial charge in [0.05, 0.1) is 5.56 Å². The van der Waals surface area contributed by atoms with Crippen LogP contribution in [0.4, 0.5) is 0 Å². The van der Waals surface area contributed by atoms with E-state index in [9.17, 15) is 4.79 Å². The number of hydrogen-bond acceptors (Lipinski definition) is 2. The van der Waals surface area contributed by atoms with E-state index in [4.69, 9.17) is 0 Å². The minimum atomic E-state index is -0.0553. The normalized spacial score (nSPS) is 11.4. The van der Waals surface area contributed by atoms with Crippen molar-refractivity contribution in [3.63, 3.8) is 0 Å². The monoisotopic (exact) mass is 379 g/mol. The first kappa shape index (κ1) is 15.1. The summed E-state index contributed by atoms with van der Waals surface area (Å²) in [5, 5.41) is 2.95. The van der Waals surface area contributed by atoms with Crippen LogP contribution in [0.1, 0.15) is 24.2 Å². The maximum atomic E-state index is 12.0. The lowest BCUT2D eigenvalue weighted by atomic mass is 10.2. The number of carbonyl (C=O) groups excluding carboxylic acids is 1. The fourth-order valence-electron chi connectivity index (χ4n) is 1.13. The van der Waals surface area contributed by atoms with Gasteiger partial charge in [0.2, 0.25) is 0 Å². The molecule has 0 radical (unpaired) electrons. The zero-order valence-electron chi connectivity index (χ0n) is 10.0. The summed E-state index contributed by atoms with van der Waals surface area (Å²) >= 11 is 8.48. The van der Waals surface area contributed by atoms with Crippen LogP contribution in [0.25, 0.3) is 0 Å². The number of nitrogens with one attached hydrogen (secondary N) is 1. The second-order valence-corrected chi connectivity index (χ2v) is 7.55. The van der Waals surface area contributed by atoms with Crippen molar-refractivity contribution in [3.8, 4) is 0 Å². The highest BCUT2D eigenvalue weighted by molar-refractivity contribution is 9.11. The van der Waals surface area contributed by atoms with Crippen molar-refractivity contribution in [1.29, 1.82) is 0 Å². The Balaban J connectivity index is 2.74. The topological polar surface area (TPSA) is 29.1 Å². The van der Waals surface area contributed by atoms with Gasteiger partial charge in [0.15, 0.2) is 0 Å². The molecule has 5 heteroatoms. The van der Waals surface area contributed by atoms with E-state index in [1.807, 2.05) is 24.5 Å². The van der Waals surface area contributed by atoms with Crippen molar-refractivity contribution < 1.29 is 4.79 Å². The van der Waals surface area contributed by atoms with Crippen LogP contribution in [0.15, 0.2) is 27.1 Å². The van der Waals surface area contributed by atoms with Gasteiger partial charge in [0.1, 0.15) is 0 Å². The van der Waals surface area contributed by atoms with Crippen molar-refractivity contribution in [2.45, 2.75) is 18.6 Å². The van der Waals surface area contributed by atoms with Gasteiger partial charge in [0.25, 0.3) is 5.91 Å².